The SMILES string of the molecule is O=C(Nc1ccc(Oc2cccc(F)c2)c2ccncc12)c1cnc2c(c1)c(=O)[nH]c(=O)n2C1CC1. The third-order valence-electron chi connectivity index (χ3n) is 6.00. The maximum absolute atomic E-state index is 13.6. The number of carbonyl (C=O) groups is 1. The lowest BCUT2D eigenvalue weighted by Gasteiger charge is -2.13. The van der Waals surface area contributed by atoms with Crippen LogP contribution in [0.2, 0.25) is 0 Å². The number of H-pyrrole nitrogens is 1. The summed E-state index contributed by atoms with van der Waals surface area (Å²) in [5.74, 6) is -0.105. The highest BCUT2D eigenvalue weighted by Gasteiger charge is 2.28. The molecule has 1 amide bonds. The number of amides is 1. The normalized spacial score (nSPS) is 13.1. The van der Waals surface area contributed by atoms with Gasteiger partial charge in [-0.1, -0.05) is 6.07 Å². The number of rotatable bonds is 5. The number of halogens is 1. The molecule has 1 aliphatic rings. The Hall–Kier alpha value is -4.86. The number of pyridine rings is 2. The lowest BCUT2D eigenvalue weighted by atomic mass is 10.1. The van der Waals surface area contributed by atoms with Gasteiger partial charge in [0.05, 0.1) is 16.6 Å². The van der Waals surface area contributed by atoms with Crippen LogP contribution in [0.4, 0.5) is 10.1 Å². The van der Waals surface area contributed by atoms with E-state index in [1.807, 2.05) is 0 Å². The Labute approximate surface area is 202 Å². The van der Waals surface area contributed by atoms with E-state index in [0.29, 0.717) is 28.0 Å². The number of ether oxygens (including phenoxy) is 1. The average Bonchev–Trinajstić information content (AvgIpc) is 3.70. The number of hydrogen-bond donors (Lipinski definition) is 2. The van der Waals surface area contributed by atoms with E-state index in [-0.39, 0.29) is 22.6 Å². The molecule has 10 heteroatoms. The quantitative estimate of drug-likeness (QED) is 0.388. The third-order valence-corrected chi connectivity index (χ3v) is 6.00. The van der Waals surface area contributed by atoms with E-state index >= 15 is 0 Å². The van der Waals surface area contributed by atoms with Crippen LogP contribution in [0.25, 0.3) is 21.8 Å². The minimum atomic E-state index is -0.595. The predicted octanol–water partition coefficient (Wildman–Crippen LogP) is 4.15. The molecule has 1 saturated carbocycles. The molecule has 2 aromatic carbocycles. The van der Waals surface area contributed by atoms with Gasteiger partial charge in [-0.2, -0.15) is 0 Å². The number of nitrogens with one attached hydrogen (secondary N) is 2. The fourth-order valence-electron chi connectivity index (χ4n) is 4.15. The lowest BCUT2D eigenvalue weighted by molar-refractivity contribution is 0.102. The summed E-state index contributed by atoms with van der Waals surface area (Å²) < 4.78 is 20.9. The number of benzene rings is 2. The zero-order valence-electron chi connectivity index (χ0n) is 18.7. The summed E-state index contributed by atoms with van der Waals surface area (Å²) in [6.07, 6.45) is 6.19. The second-order valence-electron chi connectivity index (χ2n) is 8.50. The van der Waals surface area contributed by atoms with Gasteiger partial charge in [-0.3, -0.25) is 24.1 Å². The minimum absolute atomic E-state index is 0.0102. The van der Waals surface area contributed by atoms with Crippen molar-refractivity contribution in [2.75, 3.05) is 5.32 Å². The van der Waals surface area contributed by atoms with Crippen molar-refractivity contribution in [3.8, 4) is 11.5 Å². The summed E-state index contributed by atoms with van der Waals surface area (Å²) in [7, 11) is 0. The summed E-state index contributed by atoms with van der Waals surface area (Å²) in [5, 5.41) is 4.26. The average molecular weight is 483 g/mol. The van der Waals surface area contributed by atoms with Crippen molar-refractivity contribution in [3.05, 3.63) is 99.3 Å². The van der Waals surface area contributed by atoms with E-state index in [9.17, 15) is 18.8 Å². The lowest BCUT2D eigenvalue weighted by Crippen LogP contribution is -2.30. The van der Waals surface area contributed by atoms with Gasteiger partial charge >= 0.3 is 5.69 Å². The molecular weight excluding hydrogens is 465 g/mol. The van der Waals surface area contributed by atoms with Crippen molar-refractivity contribution >= 4 is 33.4 Å². The van der Waals surface area contributed by atoms with Gasteiger partial charge in [0.25, 0.3) is 11.5 Å². The number of nitrogens with zero attached hydrogens (tertiary/aromatic N) is 3. The first kappa shape index (κ1) is 21.7. The standard InChI is InChI=1S/C26H18FN5O4/c27-15-2-1-3-17(11-15)36-22-7-6-21(20-13-28-9-8-18(20)22)30-24(33)14-10-19-23(29-12-14)32(16-4-5-16)26(35)31-25(19)34/h1-3,6-13,16H,4-5H2,(H,30,33)(H,31,34,35). The van der Waals surface area contributed by atoms with Crippen LogP contribution in [0.15, 0.2) is 76.7 Å². The Kier molecular flexibility index (Phi) is 5.06. The minimum Gasteiger partial charge on any atom is -0.457 e. The number of fused-ring (bicyclic) bond motifs is 2. The van der Waals surface area contributed by atoms with Crippen LogP contribution in [-0.2, 0) is 0 Å². The van der Waals surface area contributed by atoms with Crippen molar-refractivity contribution in [2.24, 2.45) is 0 Å². The second-order valence-corrected chi connectivity index (χ2v) is 8.50. The third kappa shape index (κ3) is 3.88. The molecule has 0 unspecified atom stereocenters. The first-order chi connectivity index (χ1) is 17.5. The molecule has 6 rings (SSSR count). The molecule has 0 aliphatic heterocycles. The first-order valence-electron chi connectivity index (χ1n) is 11.2. The number of anilines is 1. The van der Waals surface area contributed by atoms with Crippen molar-refractivity contribution in [3.63, 3.8) is 0 Å². The molecular formula is C26H18FN5O4. The van der Waals surface area contributed by atoms with Crippen molar-refractivity contribution < 1.29 is 13.9 Å². The number of carbonyl (C=O) groups excluding carboxylic acids is 1. The zero-order chi connectivity index (χ0) is 24.8. The fraction of sp³-hybridized carbons (Fsp3) is 0.115. The summed E-state index contributed by atoms with van der Waals surface area (Å²) >= 11 is 0. The van der Waals surface area contributed by atoms with E-state index in [1.54, 1.807) is 42.7 Å². The molecule has 3 heterocycles. The van der Waals surface area contributed by atoms with E-state index in [4.69, 9.17) is 4.74 Å². The number of aromatic nitrogens is 4. The molecule has 178 valence electrons. The van der Waals surface area contributed by atoms with E-state index in [0.717, 1.165) is 12.8 Å². The Morgan fingerprint density at radius 2 is 1.92 bits per heavy atom. The molecule has 0 saturated heterocycles. The van der Waals surface area contributed by atoms with Gasteiger partial charge in [-0.25, -0.2) is 14.2 Å². The van der Waals surface area contributed by atoms with Gasteiger partial charge < -0.3 is 10.1 Å². The molecule has 3 aromatic heterocycles. The monoisotopic (exact) mass is 483 g/mol. The second kappa shape index (κ2) is 8.42. The Balaban J connectivity index is 1.34. The number of aromatic amines is 1. The summed E-state index contributed by atoms with van der Waals surface area (Å²) in [6, 6.07) is 12.3. The summed E-state index contributed by atoms with van der Waals surface area (Å²) in [6.45, 7) is 0. The molecule has 2 N–H and O–H groups in total. The highest BCUT2D eigenvalue weighted by molar-refractivity contribution is 6.10. The van der Waals surface area contributed by atoms with Crippen LogP contribution in [0, 0.1) is 5.82 Å². The molecule has 0 radical (unpaired) electrons. The van der Waals surface area contributed by atoms with Crippen molar-refractivity contribution in [1.82, 2.24) is 19.5 Å². The van der Waals surface area contributed by atoms with Crippen LogP contribution < -0.4 is 21.3 Å². The van der Waals surface area contributed by atoms with Gasteiger partial charge in [-0.15, -0.1) is 0 Å². The van der Waals surface area contributed by atoms with Gasteiger partial charge in [-0.05, 0) is 49.2 Å². The van der Waals surface area contributed by atoms with Gasteiger partial charge in [0.2, 0.25) is 0 Å². The Morgan fingerprint density at radius 1 is 1.06 bits per heavy atom. The zero-order valence-corrected chi connectivity index (χ0v) is 18.7. The smallest absolute Gasteiger partial charge is 0.330 e. The fourth-order valence-corrected chi connectivity index (χ4v) is 4.15. The molecule has 36 heavy (non-hydrogen) atoms. The Morgan fingerprint density at radius 3 is 2.72 bits per heavy atom. The number of hydrogen-bond acceptors (Lipinski definition) is 6. The predicted molar refractivity (Wildman–Crippen MR) is 131 cm³/mol. The maximum Gasteiger partial charge on any atom is 0.330 e. The molecule has 0 bridgehead atoms. The van der Waals surface area contributed by atoms with E-state index in [1.165, 1.54) is 29.0 Å². The van der Waals surface area contributed by atoms with Gasteiger partial charge in [0.15, 0.2) is 0 Å². The van der Waals surface area contributed by atoms with Crippen LogP contribution in [-0.4, -0.2) is 25.4 Å². The van der Waals surface area contributed by atoms with Crippen LogP contribution >= 0.6 is 0 Å². The highest BCUT2D eigenvalue weighted by Crippen LogP contribution is 2.35. The molecule has 0 spiro atoms. The summed E-state index contributed by atoms with van der Waals surface area (Å²) in [4.78, 5) is 48.5. The molecule has 0 atom stereocenters. The van der Waals surface area contributed by atoms with Crippen LogP contribution in [0.1, 0.15) is 29.2 Å². The van der Waals surface area contributed by atoms with Gasteiger partial charge in [0, 0.05) is 41.5 Å². The van der Waals surface area contributed by atoms with E-state index < -0.39 is 23.0 Å². The first-order valence-corrected chi connectivity index (χ1v) is 11.2. The topological polar surface area (TPSA) is 119 Å². The van der Waals surface area contributed by atoms with Crippen molar-refractivity contribution in [1.29, 1.82) is 0 Å². The maximum atomic E-state index is 13.6. The van der Waals surface area contributed by atoms with Crippen molar-refractivity contribution in [2.45, 2.75) is 18.9 Å². The molecule has 1 aliphatic carbocycles. The van der Waals surface area contributed by atoms with Crippen LogP contribution in [0.5, 0.6) is 11.5 Å². The summed E-state index contributed by atoms with van der Waals surface area (Å²) in [5.41, 5.74) is -0.212. The van der Waals surface area contributed by atoms with E-state index in [2.05, 4.69) is 20.3 Å². The Bertz CT molecular complexity index is 1790. The molecule has 1 fully saturated rings. The largest absolute Gasteiger partial charge is 0.457 e. The van der Waals surface area contributed by atoms with Crippen LogP contribution in [0.3, 0.4) is 0 Å². The van der Waals surface area contributed by atoms with Gasteiger partial charge in [0.1, 0.15) is 23.0 Å². The molecule has 5 aromatic rings. The highest BCUT2D eigenvalue weighted by atomic mass is 19.1. The molecule has 9 nitrogen and oxygen atoms in total.